The number of fused-ring (bicyclic) bond motifs is 1. The number of β-amino-alcohol motifs (C(OH)–C–C–N with tert-alkyl or cyclic N) is 1. The number of hydrogen-bond donors (Lipinski definition) is 2. The highest BCUT2D eigenvalue weighted by molar-refractivity contribution is 6.08. The van der Waals surface area contributed by atoms with Crippen LogP contribution in [0.25, 0.3) is 10.9 Å². The van der Waals surface area contributed by atoms with Crippen LogP contribution in [0.5, 0.6) is 0 Å². The molecule has 1 aliphatic heterocycles. The topological polar surface area (TPSA) is 56.3 Å². The van der Waals surface area contributed by atoms with E-state index >= 15 is 0 Å². The molecule has 1 aromatic carbocycles. The fraction of sp³-hybridized carbons (Fsp3) is 0.400. The van der Waals surface area contributed by atoms with E-state index in [9.17, 15) is 9.90 Å². The Morgan fingerprint density at radius 3 is 2.84 bits per heavy atom. The number of nitrogens with zero attached hydrogens (tertiary/aromatic N) is 1. The molecule has 1 amide bonds. The molecule has 100 valence electrons. The number of aryl methyl sites for hydroxylation is 1. The highest BCUT2D eigenvalue weighted by atomic mass is 16.3. The second-order valence-corrected chi connectivity index (χ2v) is 5.64. The lowest BCUT2D eigenvalue weighted by Crippen LogP contribution is -2.34. The Bertz CT molecular complexity index is 643. The second kappa shape index (κ2) is 4.10. The fourth-order valence-electron chi connectivity index (χ4n) is 2.83. The van der Waals surface area contributed by atoms with E-state index in [1.165, 1.54) is 0 Å². The van der Waals surface area contributed by atoms with Crippen LogP contribution in [-0.2, 0) is 0 Å². The summed E-state index contributed by atoms with van der Waals surface area (Å²) in [6, 6.07) is 7.82. The van der Waals surface area contributed by atoms with Crippen molar-refractivity contribution in [2.45, 2.75) is 25.9 Å². The molecule has 19 heavy (non-hydrogen) atoms. The molecular formula is C15H18N2O2. The number of aromatic amines is 1. The molecule has 0 aliphatic carbocycles. The van der Waals surface area contributed by atoms with Gasteiger partial charge in [-0.3, -0.25) is 4.79 Å². The van der Waals surface area contributed by atoms with Crippen molar-refractivity contribution in [3.05, 3.63) is 35.5 Å². The minimum absolute atomic E-state index is 0.00715. The number of likely N-dealkylation sites (tertiary alicyclic amines) is 1. The van der Waals surface area contributed by atoms with Crippen molar-refractivity contribution in [1.29, 1.82) is 0 Å². The molecule has 1 saturated heterocycles. The Hall–Kier alpha value is -1.81. The standard InChI is InChI=1S/C15H18N2O2/c1-10-13(11-5-3-4-6-12(11)16-10)14(18)17-8-7-15(2,19)9-17/h3-6,16,19H,7-9H2,1-2H3. The molecule has 0 spiro atoms. The molecule has 2 N–H and O–H groups in total. The van der Waals surface area contributed by atoms with Crippen LogP contribution < -0.4 is 0 Å². The average Bonchev–Trinajstić information content (AvgIpc) is 2.87. The maximum atomic E-state index is 12.6. The number of aromatic nitrogens is 1. The van der Waals surface area contributed by atoms with Crippen LogP contribution in [0.15, 0.2) is 24.3 Å². The highest BCUT2D eigenvalue weighted by Crippen LogP contribution is 2.27. The number of amides is 1. The van der Waals surface area contributed by atoms with Gasteiger partial charge in [0.25, 0.3) is 5.91 Å². The van der Waals surface area contributed by atoms with Crippen molar-refractivity contribution < 1.29 is 9.90 Å². The van der Waals surface area contributed by atoms with Crippen molar-refractivity contribution in [2.24, 2.45) is 0 Å². The zero-order chi connectivity index (χ0) is 13.6. The maximum Gasteiger partial charge on any atom is 0.256 e. The van der Waals surface area contributed by atoms with Gasteiger partial charge in [0.1, 0.15) is 0 Å². The maximum absolute atomic E-state index is 12.6. The second-order valence-electron chi connectivity index (χ2n) is 5.64. The summed E-state index contributed by atoms with van der Waals surface area (Å²) in [7, 11) is 0. The molecule has 1 fully saturated rings. The lowest BCUT2D eigenvalue weighted by Gasteiger charge is -2.19. The summed E-state index contributed by atoms with van der Waals surface area (Å²) >= 11 is 0. The van der Waals surface area contributed by atoms with E-state index in [1.54, 1.807) is 11.8 Å². The van der Waals surface area contributed by atoms with Gasteiger partial charge in [-0.05, 0) is 26.3 Å². The highest BCUT2D eigenvalue weighted by Gasteiger charge is 2.35. The van der Waals surface area contributed by atoms with Gasteiger partial charge in [-0.25, -0.2) is 0 Å². The summed E-state index contributed by atoms with van der Waals surface area (Å²) in [5.41, 5.74) is 1.84. The number of rotatable bonds is 1. The Kier molecular flexibility index (Phi) is 2.64. The van der Waals surface area contributed by atoms with Gasteiger partial charge in [-0.2, -0.15) is 0 Å². The first-order chi connectivity index (χ1) is 8.98. The Morgan fingerprint density at radius 2 is 2.16 bits per heavy atom. The zero-order valence-corrected chi connectivity index (χ0v) is 11.2. The molecule has 1 aliphatic rings. The number of carbonyl (C=O) groups excluding carboxylic acids is 1. The number of H-pyrrole nitrogens is 1. The third kappa shape index (κ3) is 2.02. The zero-order valence-electron chi connectivity index (χ0n) is 11.2. The lowest BCUT2D eigenvalue weighted by atomic mass is 10.1. The SMILES string of the molecule is Cc1[nH]c2ccccc2c1C(=O)N1CCC(C)(O)C1. The van der Waals surface area contributed by atoms with Gasteiger partial charge in [0.15, 0.2) is 0 Å². The van der Waals surface area contributed by atoms with Crippen molar-refractivity contribution in [3.8, 4) is 0 Å². The monoisotopic (exact) mass is 258 g/mol. The summed E-state index contributed by atoms with van der Waals surface area (Å²) < 4.78 is 0. The van der Waals surface area contributed by atoms with Gasteiger partial charge in [0.2, 0.25) is 0 Å². The van der Waals surface area contributed by atoms with Crippen LogP contribution >= 0.6 is 0 Å². The van der Waals surface area contributed by atoms with E-state index in [0.717, 1.165) is 22.2 Å². The molecule has 4 nitrogen and oxygen atoms in total. The number of para-hydroxylation sites is 1. The average molecular weight is 258 g/mol. The van der Waals surface area contributed by atoms with Crippen LogP contribution in [0.4, 0.5) is 0 Å². The fourth-order valence-corrected chi connectivity index (χ4v) is 2.83. The molecular weight excluding hydrogens is 240 g/mol. The number of carbonyl (C=O) groups is 1. The summed E-state index contributed by atoms with van der Waals surface area (Å²) in [4.78, 5) is 17.6. The Labute approximate surface area is 112 Å². The minimum Gasteiger partial charge on any atom is -0.388 e. The Balaban J connectivity index is 2.01. The van der Waals surface area contributed by atoms with E-state index in [2.05, 4.69) is 4.98 Å². The van der Waals surface area contributed by atoms with E-state index in [1.807, 2.05) is 31.2 Å². The van der Waals surface area contributed by atoms with E-state index < -0.39 is 5.60 Å². The van der Waals surface area contributed by atoms with E-state index in [0.29, 0.717) is 19.5 Å². The van der Waals surface area contributed by atoms with Gasteiger partial charge < -0.3 is 15.0 Å². The molecule has 4 heteroatoms. The van der Waals surface area contributed by atoms with Crippen molar-refractivity contribution in [1.82, 2.24) is 9.88 Å². The first kappa shape index (κ1) is 12.2. The van der Waals surface area contributed by atoms with Gasteiger partial charge >= 0.3 is 0 Å². The molecule has 0 bridgehead atoms. The van der Waals surface area contributed by atoms with Crippen LogP contribution in [-0.4, -0.2) is 39.6 Å². The number of nitrogens with one attached hydrogen (secondary N) is 1. The molecule has 2 heterocycles. The smallest absolute Gasteiger partial charge is 0.256 e. The molecule has 1 aromatic heterocycles. The third-order valence-corrected chi connectivity index (χ3v) is 3.85. The summed E-state index contributed by atoms with van der Waals surface area (Å²) in [6.07, 6.45) is 0.639. The molecule has 1 atom stereocenters. The van der Waals surface area contributed by atoms with Gasteiger partial charge in [0.05, 0.1) is 11.2 Å². The predicted molar refractivity (Wildman–Crippen MR) is 74.2 cm³/mol. The molecule has 3 rings (SSSR count). The molecule has 2 aromatic rings. The largest absolute Gasteiger partial charge is 0.388 e. The van der Waals surface area contributed by atoms with E-state index in [-0.39, 0.29) is 5.91 Å². The van der Waals surface area contributed by atoms with Gasteiger partial charge in [0, 0.05) is 29.7 Å². The minimum atomic E-state index is -0.754. The third-order valence-electron chi connectivity index (χ3n) is 3.85. The lowest BCUT2D eigenvalue weighted by molar-refractivity contribution is 0.0573. The van der Waals surface area contributed by atoms with Crippen molar-refractivity contribution in [2.75, 3.05) is 13.1 Å². The number of benzene rings is 1. The van der Waals surface area contributed by atoms with Crippen LogP contribution in [0.2, 0.25) is 0 Å². The Morgan fingerprint density at radius 1 is 1.42 bits per heavy atom. The normalized spacial score (nSPS) is 23.2. The van der Waals surface area contributed by atoms with Crippen LogP contribution in [0.1, 0.15) is 29.4 Å². The molecule has 1 unspecified atom stereocenters. The predicted octanol–water partition coefficient (Wildman–Crippen LogP) is 2.07. The van der Waals surface area contributed by atoms with Gasteiger partial charge in [-0.15, -0.1) is 0 Å². The summed E-state index contributed by atoms with van der Waals surface area (Å²) in [5.74, 6) is 0.00715. The first-order valence-electron chi connectivity index (χ1n) is 6.57. The molecule has 0 saturated carbocycles. The summed E-state index contributed by atoms with van der Waals surface area (Å²) in [6.45, 7) is 4.72. The summed E-state index contributed by atoms with van der Waals surface area (Å²) in [5, 5.41) is 10.9. The van der Waals surface area contributed by atoms with Crippen LogP contribution in [0, 0.1) is 6.92 Å². The number of hydrogen-bond acceptors (Lipinski definition) is 2. The van der Waals surface area contributed by atoms with Gasteiger partial charge in [-0.1, -0.05) is 18.2 Å². The first-order valence-corrected chi connectivity index (χ1v) is 6.57. The van der Waals surface area contributed by atoms with Crippen molar-refractivity contribution in [3.63, 3.8) is 0 Å². The number of aliphatic hydroxyl groups is 1. The van der Waals surface area contributed by atoms with Crippen molar-refractivity contribution >= 4 is 16.8 Å². The molecule has 0 radical (unpaired) electrons. The van der Waals surface area contributed by atoms with E-state index in [4.69, 9.17) is 0 Å². The van der Waals surface area contributed by atoms with Crippen LogP contribution in [0.3, 0.4) is 0 Å². The quantitative estimate of drug-likeness (QED) is 0.822.